The van der Waals surface area contributed by atoms with Crippen LogP contribution in [0.3, 0.4) is 0 Å². The van der Waals surface area contributed by atoms with E-state index in [1.165, 1.54) is 0 Å². The zero-order valence-corrected chi connectivity index (χ0v) is 10.3. The van der Waals surface area contributed by atoms with Gasteiger partial charge in [0, 0.05) is 18.5 Å². The van der Waals surface area contributed by atoms with Gasteiger partial charge in [-0.1, -0.05) is 12.1 Å². The fraction of sp³-hybridized carbons (Fsp3) is 0.500. The molecule has 1 saturated heterocycles. The maximum absolute atomic E-state index is 13.2. The van der Waals surface area contributed by atoms with Crippen LogP contribution in [0.1, 0.15) is 18.9 Å². The van der Waals surface area contributed by atoms with Crippen LogP contribution in [0, 0.1) is 0 Å². The Morgan fingerprint density at radius 1 is 1.50 bits per heavy atom. The summed E-state index contributed by atoms with van der Waals surface area (Å²) in [6.07, 6.45) is -0.221. The molecular weight excluding hydrogens is 229 g/mol. The maximum Gasteiger partial charge on any atom is 0.119 e. The third-order valence-corrected chi connectivity index (χ3v) is 3.05. The lowest BCUT2D eigenvalue weighted by atomic mass is 9.90. The predicted molar refractivity (Wildman–Crippen MR) is 65.1 cm³/mol. The van der Waals surface area contributed by atoms with Gasteiger partial charge in [0.15, 0.2) is 0 Å². The van der Waals surface area contributed by atoms with Gasteiger partial charge in [0.05, 0.1) is 7.11 Å². The molecule has 0 aromatic heterocycles. The summed E-state index contributed by atoms with van der Waals surface area (Å²) in [5.41, 5.74) is 0.829. The number of benzene rings is 1. The molecule has 0 amide bonds. The molecule has 0 aliphatic carbocycles. The lowest BCUT2D eigenvalue weighted by molar-refractivity contribution is 0.332. The van der Waals surface area contributed by atoms with Gasteiger partial charge in [-0.3, -0.25) is 0 Å². The Bertz CT molecular complexity index is 361. The zero-order valence-electron chi connectivity index (χ0n) is 9.50. The first kappa shape index (κ1) is 13.3. The first-order valence-electron chi connectivity index (χ1n) is 5.18. The van der Waals surface area contributed by atoms with Crippen molar-refractivity contribution >= 4 is 12.4 Å². The molecule has 1 aromatic carbocycles. The Morgan fingerprint density at radius 3 is 2.81 bits per heavy atom. The molecule has 4 heteroatoms. The fourth-order valence-corrected chi connectivity index (χ4v) is 2.11. The molecule has 1 N–H and O–H groups in total. The van der Waals surface area contributed by atoms with Crippen molar-refractivity contribution in [1.29, 1.82) is 0 Å². The highest BCUT2D eigenvalue weighted by Crippen LogP contribution is 2.33. The Balaban J connectivity index is 0.00000128. The van der Waals surface area contributed by atoms with Gasteiger partial charge in [0.2, 0.25) is 0 Å². The summed E-state index contributed by atoms with van der Waals surface area (Å²) in [6, 6.07) is 7.81. The molecule has 0 saturated carbocycles. The second kappa shape index (κ2) is 5.02. The van der Waals surface area contributed by atoms with Crippen LogP contribution in [-0.2, 0) is 5.54 Å². The molecular formula is C12H17ClFNO. The predicted octanol–water partition coefficient (Wildman–Crippen LogP) is 2.66. The van der Waals surface area contributed by atoms with E-state index in [1.807, 2.05) is 31.2 Å². The number of rotatable bonds is 2. The quantitative estimate of drug-likeness (QED) is 0.865. The van der Waals surface area contributed by atoms with Crippen LogP contribution >= 0.6 is 12.4 Å². The normalized spacial score (nSPS) is 28.6. The minimum Gasteiger partial charge on any atom is -0.497 e. The molecule has 1 aromatic rings. The maximum atomic E-state index is 13.2. The van der Waals surface area contributed by atoms with Gasteiger partial charge < -0.3 is 10.1 Å². The van der Waals surface area contributed by atoms with Crippen molar-refractivity contribution in [3.63, 3.8) is 0 Å². The number of methoxy groups -OCH3 is 1. The smallest absolute Gasteiger partial charge is 0.119 e. The topological polar surface area (TPSA) is 21.3 Å². The minimum absolute atomic E-state index is 0. The van der Waals surface area contributed by atoms with Crippen molar-refractivity contribution < 1.29 is 9.13 Å². The van der Waals surface area contributed by atoms with Crippen molar-refractivity contribution in [2.24, 2.45) is 0 Å². The summed E-state index contributed by atoms with van der Waals surface area (Å²) in [6.45, 7) is 2.47. The summed E-state index contributed by atoms with van der Waals surface area (Å²) in [5, 5.41) is 3.22. The van der Waals surface area contributed by atoms with Gasteiger partial charge in [-0.05, 0) is 24.6 Å². The minimum atomic E-state index is -0.749. The Kier molecular flexibility index (Phi) is 4.16. The third kappa shape index (κ3) is 2.47. The van der Waals surface area contributed by atoms with Gasteiger partial charge in [-0.15, -0.1) is 12.4 Å². The van der Waals surface area contributed by atoms with Gasteiger partial charge in [-0.2, -0.15) is 0 Å². The molecule has 0 spiro atoms. The average Bonchev–Trinajstić information content (AvgIpc) is 2.60. The van der Waals surface area contributed by atoms with Crippen LogP contribution in [-0.4, -0.2) is 19.8 Å². The third-order valence-electron chi connectivity index (χ3n) is 3.05. The highest BCUT2D eigenvalue weighted by Gasteiger charge is 2.36. The lowest BCUT2D eigenvalue weighted by Gasteiger charge is -2.25. The van der Waals surface area contributed by atoms with E-state index in [2.05, 4.69) is 5.32 Å². The SMILES string of the molecule is COc1cccc(C2(C)CC(F)CN2)c1.Cl. The summed E-state index contributed by atoms with van der Waals surface area (Å²) < 4.78 is 18.4. The Morgan fingerprint density at radius 2 is 2.25 bits per heavy atom. The van der Waals surface area contributed by atoms with Crippen LogP contribution in [0.2, 0.25) is 0 Å². The number of alkyl halides is 1. The summed E-state index contributed by atoms with van der Waals surface area (Å²) >= 11 is 0. The van der Waals surface area contributed by atoms with Crippen molar-refractivity contribution in [3.8, 4) is 5.75 Å². The molecule has 2 rings (SSSR count). The van der Waals surface area contributed by atoms with E-state index in [4.69, 9.17) is 4.74 Å². The Labute approximate surface area is 102 Å². The number of nitrogens with one attached hydrogen (secondary N) is 1. The lowest BCUT2D eigenvalue weighted by Crippen LogP contribution is -2.32. The van der Waals surface area contributed by atoms with Crippen molar-refractivity contribution in [2.45, 2.75) is 25.1 Å². The molecule has 0 radical (unpaired) electrons. The van der Waals surface area contributed by atoms with Gasteiger partial charge in [0.25, 0.3) is 0 Å². The molecule has 1 aliphatic heterocycles. The van der Waals surface area contributed by atoms with Crippen LogP contribution in [0.4, 0.5) is 4.39 Å². The largest absolute Gasteiger partial charge is 0.497 e. The van der Waals surface area contributed by atoms with E-state index in [0.717, 1.165) is 11.3 Å². The van der Waals surface area contributed by atoms with Gasteiger partial charge in [-0.25, -0.2) is 4.39 Å². The average molecular weight is 246 g/mol. The van der Waals surface area contributed by atoms with E-state index >= 15 is 0 Å². The second-order valence-corrected chi connectivity index (χ2v) is 4.25. The molecule has 2 atom stereocenters. The Hall–Kier alpha value is -0.800. The van der Waals surface area contributed by atoms with Crippen molar-refractivity contribution in [2.75, 3.05) is 13.7 Å². The highest BCUT2D eigenvalue weighted by molar-refractivity contribution is 5.85. The van der Waals surface area contributed by atoms with Crippen LogP contribution in [0.5, 0.6) is 5.75 Å². The molecule has 1 fully saturated rings. The molecule has 2 nitrogen and oxygen atoms in total. The molecule has 16 heavy (non-hydrogen) atoms. The molecule has 1 aliphatic rings. The highest BCUT2D eigenvalue weighted by atomic mass is 35.5. The van der Waals surface area contributed by atoms with Crippen LogP contribution < -0.4 is 10.1 Å². The first-order chi connectivity index (χ1) is 7.14. The first-order valence-corrected chi connectivity index (χ1v) is 5.18. The van der Waals surface area contributed by atoms with Crippen molar-refractivity contribution in [1.82, 2.24) is 5.32 Å². The van der Waals surface area contributed by atoms with E-state index < -0.39 is 6.17 Å². The van der Waals surface area contributed by atoms with Gasteiger partial charge in [0.1, 0.15) is 11.9 Å². The number of halogens is 2. The van der Waals surface area contributed by atoms with Gasteiger partial charge >= 0.3 is 0 Å². The summed E-state index contributed by atoms with van der Waals surface area (Å²) in [7, 11) is 1.64. The fourth-order valence-electron chi connectivity index (χ4n) is 2.11. The van der Waals surface area contributed by atoms with Crippen molar-refractivity contribution in [3.05, 3.63) is 29.8 Å². The summed E-state index contributed by atoms with van der Waals surface area (Å²) in [5.74, 6) is 0.817. The monoisotopic (exact) mass is 245 g/mol. The number of hydrogen-bond donors (Lipinski definition) is 1. The number of ether oxygens (including phenoxy) is 1. The van der Waals surface area contributed by atoms with E-state index in [-0.39, 0.29) is 17.9 Å². The van der Waals surface area contributed by atoms with E-state index in [1.54, 1.807) is 7.11 Å². The van der Waals surface area contributed by atoms with E-state index in [0.29, 0.717) is 13.0 Å². The standard InChI is InChI=1S/C12H16FNO.ClH/c1-12(7-10(13)8-14-12)9-4-3-5-11(6-9)15-2;/h3-6,10,14H,7-8H2,1-2H3;1H. The molecule has 1 heterocycles. The summed E-state index contributed by atoms with van der Waals surface area (Å²) in [4.78, 5) is 0. The number of hydrogen-bond acceptors (Lipinski definition) is 2. The molecule has 90 valence electrons. The second-order valence-electron chi connectivity index (χ2n) is 4.25. The molecule has 2 unspecified atom stereocenters. The zero-order chi connectivity index (χ0) is 10.9. The van der Waals surface area contributed by atoms with E-state index in [9.17, 15) is 4.39 Å². The molecule has 0 bridgehead atoms. The van der Waals surface area contributed by atoms with Crippen LogP contribution in [0.25, 0.3) is 0 Å². The van der Waals surface area contributed by atoms with Crippen LogP contribution in [0.15, 0.2) is 24.3 Å².